The highest BCUT2D eigenvalue weighted by molar-refractivity contribution is 8.18. The number of imide groups is 1. The Morgan fingerprint density at radius 3 is 2.57 bits per heavy atom. The van der Waals surface area contributed by atoms with Crippen molar-refractivity contribution in [3.8, 4) is 0 Å². The van der Waals surface area contributed by atoms with Gasteiger partial charge in [-0.2, -0.15) is 0 Å². The van der Waals surface area contributed by atoms with Gasteiger partial charge in [-0.1, -0.05) is 35.3 Å². The molecule has 9 heteroatoms. The van der Waals surface area contributed by atoms with Crippen LogP contribution in [-0.4, -0.2) is 35.8 Å². The fourth-order valence-electron chi connectivity index (χ4n) is 2.42. The van der Waals surface area contributed by atoms with Gasteiger partial charge < -0.3 is 10.1 Å². The van der Waals surface area contributed by atoms with E-state index >= 15 is 0 Å². The molecule has 1 aliphatic heterocycles. The average molecular weight is 437 g/mol. The molecule has 1 saturated heterocycles. The van der Waals surface area contributed by atoms with Crippen molar-refractivity contribution in [2.75, 3.05) is 19.1 Å². The van der Waals surface area contributed by atoms with Crippen LogP contribution in [0.1, 0.15) is 15.9 Å². The summed E-state index contributed by atoms with van der Waals surface area (Å²) in [5, 5.41) is 3.46. The number of thioether (sulfide) groups is 1. The number of hydrogen-bond donors (Lipinski definition) is 1. The Kier molecular flexibility index (Phi) is 6.28. The number of amides is 2. The summed E-state index contributed by atoms with van der Waals surface area (Å²) in [5.41, 5.74) is 1.61. The van der Waals surface area contributed by atoms with E-state index in [1.165, 1.54) is 7.11 Å². The summed E-state index contributed by atoms with van der Waals surface area (Å²) in [6.07, 6.45) is 1.60. The lowest BCUT2D eigenvalue weighted by Gasteiger charge is -2.15. The number of carbonyl (C=O) groups is 3. The monoisotopic (exact) mass is 436 g/mol. The van der Waals surface area contributed by atoms with Crippen molar-refractivity contribution in [1.29, 1.82) is 0 Å². The number of rotatable bonds is 5. The van der Waals surface area contributed by atoms with E-state index in [1.807, 2.05) is 0 Å². The summed E-state index contributed by atoms with van der Waals surface area (Å²) in [7, 11) is 1.30. The molecule has 2 aromatic rings. The molecule has 1 heterocycles. The summed E-state index contributed by atoms with van der Waals surface area (Å²) < 4.78 is 4.65. The Morgan fingerprint density at radius 2 is 1.89 bits per heavy atom. The first-order chi connectivity index (χ1) is 13.4. The largest absolute Gasteiger partial charge is 0.465 e. The van der Waals surface area contributed by atoms with Gasteiger partial charge in [-0.25, -0.2) is 4.79 Å². The van der Waals surface area contributed by atoms with Gasteiger partial charge in [-0.15, -0.1) is 0 Å². The minimum atomic E-state index is -0.447. The lowest BCUT2D eigenvalue weighted by atomic mass is 10.1. The first kappa shape index (κ1) is 20.3. The number of anilines is 1. The van der Waals surface area contributed by atoms with Gasteiger partial charge in [0.05, 0.1) is 35.0 Å². The standard InChI is InChI=1S/C19H14Cl2N2O4S/c1-27-18(25)12-4-2-11(3-5-12)8-16-17(24)23(19(26)28-16)10-22-15-9-13(20)6-7-14(15)21/h2-9,22H,10H2,1H3. The number of esters is 1. The topological polar surface area (TPSA) is 75.7 Å². The van der Waals surface area contributed by atoms with Crippen molar-refractivity contribution in [2.45, 2.75) is 0 Å². The van der Waals surface area contributed by atoms with Crippen molar-refractivity contribution < 1.29 is 19.1 Å². The van der Waals surface area contributed by atoms with Gasteiger partial charge in [-0.05, 0) is 53.7 Å². The molecule has 3 rings (SSSR count). The van der Waals surface area contributed by atoms with Crippen LogP contribution in [0.15, 0.2) is 47.4 Å². The molecule has 28 heavy (non-hydrogen) atoms. The molecule has 0 saturated carbocycles. The van der Waals surface area contributed by atoms with Gasteiger partial charge in [0.1, 0.15) is 0 Å². The Hall–Kier alpha value is -2.48. The molecule has 6 nitrogen and oxygen atoms in total. The van der Waals surface area contributed by atoms with E-state index in [1.54, 1.807) is 48.5 Å². The Labute approximate surface area is 175 Å². The molecule has 1 aliphatic rings. The molecule has 0 aromatic heterocycles. The molecule has 0 unspecified atom stereocenters. The Bertz CT molecular complexity index is 976. The predicted octanol–water partition coefficient (Wildman–Crippen LogP) is 4.89. The molecule has 0 radical (unpaired) electrons. The third-order valence-electron chi connectivity index (χ3n) is 3.86. The summed E-state index contributed by atoms with van der Waals surface area (Å²) >= 11 is 12.9. The van der Waals surface area contributed by atoms with Gasteiger partial charge in [0.15, 0.2) is 0 Å². The van der Waals surface area contributed by atoms with Crippen LogP contribution < -0.4 is 5.32 Å². The molecule has 0 atom stereocenters. The van der Waals surface area contributed by atoms with Crippen LogP contribution in [-0.2, 0) is 9.53 Å². The number of hydrogen-bond acceptors (Lipinski definition) is 6. The number of nitrogens with zero attached hydrogens (tertiary/aromatic N) is 1. The smallest absolute Gasteiger partial charge is 0.337 e. The van der Waals surface area contributed by atoms with E-state index in [4.69, 9.17) is 23.2 Å². The van der Waals surface area contributed by atoms with Crippen molar-refractivity contribution in [2.24, 2.45) is 0 Å². The molecular formula is C19H14Cl2N2O4S. The van der Waals surface area contributed by atoms with Gasteiger partial charge >= 0.3 is 5.97 Å². The van der Waals surface area contributed by atoms with Gasteiger partial charge in [-0.3, -0.25) is 14.5 Å². The highest BCUT2D eigenvalue weighted by Gasteiger charge is 2.34. The van der Waals surface area contributed by atoms with Crippen LogP contribution in [0.25, 0.3) is 6.08 Å². The fourth-order valence-corrected chi connectivity index (χ4v) is 3.61. The first-order valence-corrected chi connectivity index (χ1v) is 9.59. The second kappa shape index (κ2) is 8.68. The van der Waals surface area contributed by atoms with Crippen LogP contribution in [0.2, 0.25) is 10.0 Å². The summed E-state index contributed by atoms with van der Waals surface area (Å²) in [5.74, 6) is -0.865. The van der Waals surface area contributed by atoms with Crippen LogP contribution in [0.3, 0.4) is 0 Å². The van der Waals surface area contributed by atoms with E-state index in [0.29, 0.717) is 26.9 Å². The summed E-state index contributed by atoms with van der Waals surface area (Å²) in [6.45, 7) is -0.0383. The Balaban J connectivity index is 1.71. The van der Waals surface area contributed by atoms with Crippen molar-refractivity contribution in [3.63, 3.8) is 0 Å². The van der Waals surface area contributed by atoms with Gasteiger partial charge in [0, 0.05) is 5.02 Å². The van der Waals surface area contributed by atoms with Crippen molar-refractivity contribution in [3.05, 3.63) is 68.5 Å². The highest BCUT2D eigenvalue weighted by atomic mass is 35.5. The molecule has 2 amide bonds. The van der Waals surface area contributed by atoms with Crippen LogP contribution in [0.5, 0.6) is 0 Å². The third-order valence-corrected chi connectivity index (χ3v) is 5.33. The normalized spacial score (nSPS) is 15.2. The number of ether oxygens (including phenoxy) is 1. The predicted molar refractivity (Wildman–Crippen MR) is 111 cm³/mol. The minimum Gasteiger partial charge on any atom is -0.465 e. The second-order valence-corrected chi connectivity index (χ2v) is 7.52. The number of methoxy groups -OCH3 is 1. The van der Waals surface area contributed by atoms with E-state index in [9.17, 15) is 14.4 Å². The zero-order chi connectivity index (χ0) is 20.3. The molecule has 2 aromatic carbocycles. The van der Waals surface area contributed by atoms with E-state index in [-0.39, 0.29) is 11.6 Å². The van der Waals surface area contributed by atoms with Crippen molar-refractivity contribution >= 4 is 63.8 Å². The number of nitrogens with one attached hydrogen (secondary N) is 1. The molecule has 0 aliphatic carbocycles. The van der Waals surface area contributed by atoms with Crippen molar-refractivity contribution in [1.82, 2.24) is 4.90 Å². The van der Waals surface area contributed by atoms with Gasteiger partial charge in [0.25, 0.3) is 11.1 Å². The molecular weight excluding hydrogens is 423 g/mol. The number of carbonyl (C=O) groups excluding carboxylic acids is 3. The minimum absolute atomic E-state index is 0.0383. The zero-order valence-corrected chi connectivity index (χ0v) is 16.9. The average Bonchev–Trinajstić information content (AvgIpc) is 2.95. The zero-order valence-electron chi connectivity index (χ0n) is 14.6. The SMILES string of the molecule is COC(=O)c1ccc(C=C2SC(=O)N(CNc3cc(Cl)ccc3Cl)C2=O)cc1. The molecule has 0 spiro atoms. The van der Waals surface area contributed by atoms with Gasteiger partial charge in [0.2, 0.25) is 0 Å². The quantitative estimate of drug-likeness (QED) is 0.531. The van der Waals surface area contributed by atoms with E-state index in [0.717, 1.165) is 16.7 Å². The maximum Gasteiger partial charge on any atom is 0.337 e. The van der Waals surface area contributed by atoms with E-state index < -0.39 is 17.1 Å². The summed E-state index contributed by atoms with van der Waals surface area (Å²) in [6, 6.07) is 11.4. The lowest BCUT2D eigenvalue weighted by Crippen LogP contribution is -2.33. The third kappa shape index (κ3) is 4.49. The maximum absolute atomic E-state index is 12.6. The van der Waals surface area contributed by atoms with Crippen LogP contribution in [0.4, 0.5) is 10.5 Å². The molecule has 1 fully saturated rings. The Morgan fingerprint density at radius 1 is 1.18 bits per heavy atom. The number of halogens is 2. The fraction of sp³-hybridized carbons (Fsp3) is 0.105. The second-order valence-electron chi connectivity index (χ2n) is 5.68. The first-order valence-electron chi connectivity index (χ1n) is 8.01. The maximum atomic E-state index is 12.6. The lowest BCUT2D eigenvalue weighted by molar-refractivity contribution is -0.122. The molecule has 144 valence electrons. The summed E-state index contributed by atoms with van der Waals surface area (Å²) in [4.78, 5) is 37.6. The van der Waals surface area contributed by atoms with E-state index in [2.05, 4.69) is 10.1 Å². The van der Waals surface area contributed by atoms with Crippen LogP contribution in [0, 0.1) is 0 Å². The molecule has 0 bridgehead atoms. The highest BCUT2D eigenvalue weighted by Crippen LogP contribution is 2.33. The van der Waals surface area contributed by atoms with Crippen LogP contribution >= 0.6 is 35.0 Å². The molecule has 1 N–H and O–H groups in total. The number of benzene rings is 2.